The van der Waals surface area contributed by atoms with Crippen LogP contribution in [0.25, 0.3) is 11.3 Å². The van der Waals surface area contributed by atoms with Crippen molar-refractivity contribution in [3.8, 4) is 22.8 Å². The predicted octanol–water partition coefficient (Wildman–Crippen LogP) is 2.81. The van der Waals surface area contributed by atoms with Gasteiger partial charge in [-0.05, 0) is 18.1 Å². The topological polar surface area (TPSA) is 77.8 Å². The number of pyridine rings is 1. The normalized spacial score (nSPS) is 15.9. The number of carboxylic acids is 1. The van der Waals surface area contributed by atoms with Crippen LogP contribution in [-0.2, 0) is 0 Å². The van der Waals surface area contributed by atoms with Crippen LogP contribution in [0, 0.1) is 5.92 Å². The van der Waals surface area contributed by atoms with Crippen LogP contribution >= 0.6 is 0 Å². The Morgan fingerprint density at radius 2 is 2.12 bits per heavy atom. The summed E-state index contributed by atoms with van der Waals surface area (Å²) < 4.78 is 13.0. The maximum Gasteiger partial charge on any atom is 0.341 e. The number of aromatic carboxylic acids is 1. The zero-order valence-electron chi connectivity index (χ0n) is 13.8. The number of hydrogen-bond acceptors (Lipinski definition) is 4. The highest BCUT2D eigenvalue weighted by Gasteiger charge is 2.27. The van der Waals surface area contributed by atoms with Gasteiger partial charge in [-0.3, -0.25) is 4.79 Å². The number of rotatable bonds is 3. The maximum absolute atomic E-state index is 12.2. The lowest BCUT2D eigenvalue weighted by Crippen LogP contribution is -2.25. The average molecular weight is 329 g/mol. The summed E-state index contributed by atoms with van der Waals surface area (Å²) in [5, 5.41) is 9.26. The minimum atomic E-state index is -1.22. The summed E-state index contributed by atoms with van der Waals surface area (Å²) in [4.78, 5) is 23.5. The van der Waals surface area contributed by atoms with E-state index in [2.05, 4.69) is 0 Å². The van der Waals surface area contributed by atoms with Crippen LogP contribution < -0.4 is 14.9 Å². The van der Waals surface area contributed by atoms with Gasteiger partial charge in [0.05, 0.1) is 18.8 Å². The number of benzene rings is 1. The van der Waals surface area contributed by atoms with Gasteiger partial charge in [0.2, 0.25) is 0 Å². The van der Waals surface area contributed by atoms with E-state index < -0.39 is 11.4 Å². The molecule has 1 aromatic heterocycles. The molecule has 0 saturated carbocycles. The van der Waals surface area contributed by atoms with Gasteiger partial charge in [0, 0.05) is 23.9 Å². The number of carbonyl (C=O) groups is 1. The molecule has 1 aromatic carbocycles. The third-order valence-electron chi connectivity index (χ3n) is 4.31. The Morgan fingerprint density at radius 1 is 1.38 bits per heavy atom. The average Bonchev–Trinajstić information content (AvgIpc) is 2.69. The summed E-state index contributed by atoms with van der Waals surface area (Å²) in [5.41, 5.74) is 0.646. The van der Waals surface area contributed by atoms with Crippen molar-refractivity contribution >= 4 is 5.97 Å². The summed E-state index contributed by atoms with van der Waals surface area (Å²) in [6, 6.07) is 6.68. The summed E-state index contributed by atoms with van der Waals surface area (Å²) >= 11 is 0. The van der Waals surface area contributed by atoms with Gasteiger partial charge < -0.3 is 19.1 Å². The molecule has 3 rings (SSSR count). The molecule has 0 bridgehead atoms. The van der Waals surface area contributed by atoms with Crippen molar-refractivity contribution in [3.05, 3.63) is 46.2 Å². The molecule has 0 aliphatic carbocycles. The quantitative estimate of drug-likeness (QED) is 0.937. The van der Waals surface area contributed by atoms with E-state index in [-0.39, 0.29) is 17.5 Å². The number of nitrogens with zero attached hydrogens (tertiary/aromatic N) is 1. The summed E-state index contributed by atoms with van der Waals surface area (Å²) in [6.07, 6.45) is 1.42. The lowest BCUT2D eigenvalue weighted by Gasteiger charge is -2.24. The molecule has 1 aliphatic rings. The van der Waals surface area contributed by atoms with Crippen molar-refractivity contribution in [3.63, 3.8) is 0 Å². The number of ether oxygens (including phenoxy) is 2. The molecule has 0 radical (unpaired) electrons. The Labute approximate surface area is 139 Å². The van der Waals surface area contributed by atoms with E-state index in [0.717, 1.165) is 5.56 Å². The Morgan fingerprint density at radius 3 is 2.75 bits per heavy atom. The first kappa shape index (κ1) is 16.1. The maximum atomic E-state index is 12.2. The third-order valence-corrected chi connectivity index (χ3v) is 4.31. The number of carboxylic acid groups (broad SMARTS) is 1. The Balaban J connectivity index is 2.29. The second-order valence-electron chi connectivity index (χ2n) is 6.13. The fraction of sp³-hybridized carbons (Fsp3) is 0.333. The van der Waals surface area contributed by atoms with Gasteiger partial charge in [-0.15, -0.1) is 0 Å². The van der Waals surface area contributed by atoms with Gasteiger partial charge in [-0.1, -0.05) is 13.8 Å². The second-order valence-corrected chi connectivity index (χ2v) is 6.13. The summed E-state index contributed by atoms with van der Waals surface area (Å²) in [7, 11) is 1.58. The van der Waals surface area contributed by atoms with Crippen molar-refractivity contribution in [2.45, 2.75) is 19.9 Å². The van der Waals surface area contributed by atoms with Gasteiger partial charge in [0.15, 0.2) is 5.43 Å². The number of aromatic nitrogens is 1. The molecule has 0 amide bonds. The van der Waals surface area contributed by atoms with Crippen LogP contribution in [-0.4, -0.2) is 29.4 Å². The van der Waals surface area contributed by atoms with E-state index in [0.29, 0.717) is 23.8 Å². The fourth-order valence-electron chi connectivity index (χ4n) is 2.93. The monoisotopic (exact) mass is 329 g/mol. The van der Waals surface area contributed by atoms with Crippen LogP contribution in [0.5, 0.6) is 11.5 Å². The largest absolute Gasteiger partial charge is 0.497 e. The molecular weight excluding hydrogens is 310 g/mol. The summed E-state index contributed by atoms with van der Waals surface area (Å²) in [6.45, 7) is 4.45. The van der Waals surface area contributed by atoms with E-state index >= 15 is 0 Å². The highest BCUT2D eigenvalue weighted by molar-refractivity contribution is 5.87. The highest BCUT2D eigenvalue weighted by atomic mass is 16.5. The first-order valence-corrected chi connectivity index (χ1v) is 7.73. The van der Waals surface area contributed by atoms with Gasteiger partial charge in [-0.2, -0.15) is 0 Å². The van der Waals surface area contributed by atoms with Crippen LogP contribution in [0.2, 0.25) is 0 Å². The Bertz CT molecular complexity index is 853. The predicted molar refractivity (Wildman–Crippen MR) is 89.0 cm³/mol. The minimum absolute atomic E-state index is 0.0860. The van der Waals surface area contributed by atoms with E-state index in [1.807, 2.05) is 24.5 Å². The molecule has 0 spiro atoms. The van der Waals surface area contributed by atoms with Crippen molar-refractivity contribution in [1.29, 1.82) is 0 Å². The molecular formula is C18H19NO5. The van der Waals surface area contributed by atoms with Crippen LogP contribution in [0.4, 0.5) is 0 Å². The van der Waals surface area contributed by atoms with Crippen molar-refractivity contribution < 1.29 is 19.4 Å². The highest BCUT2D eigenvalue weighted by Crippen LogP contribution is 2.38. The zero-order chi connectivity index (χ0) is 17.4. The number of hydrogen-bond donors (Lipinski definition) is 1. The zero-order valence-corrected chi connectivity index (χ0v) is 13.8. The molecule has 1 aliphatic heterocycles. The molecule has 6 heteroatoms. The van der Waals surface area contributed by atoms with E-state index in [1.165, 1.54) is 12.3 Å². The molecule has 1 N–H and O–H groups in total. The fourth-order valence-corrected chi connectivity index (χ4v) is 2.93. The molecule has 126 valence electrons. The van der Waals surface area contributed by atoms with Gasteiger partial charge in [0.1, 0.15) is 23.7 Å². The van der Waals surface area contributed by atoms with Crippen molar-refractivity contribution in [1.82, 2.24) is 4.57 Å². The molecule has 2 aromatic rings. The number of fused-ring (bicyclic) bond motifs is 3. The van der Waals surface area contributed by atoms with E-state index in [4.69, 9.17) is 9.47 Å². The van der Waals surface area contributed by atoms with Crippen molar-refractivity contribution in [2.75, 3.05) is 13.7 Å². The van der Waals surface area contributed by atoms with Crippen molar-refractivity contribution in [2.24, 2.45) is 5.92 Å². The van der Waals surface area contributed by atoms with E-state index in [9.17, 15) is 14.7 Å². The summed E-state index contributed by atoms with van der Waals surface area (Å²) in [5.74, 6) is 0.253. The first-order chi connectivity index (χ1) is 11.4. The molecule has 2 heterocycles. The van der Waals surface area contributed by atoms with Crippen LogP contribution in [0.1, 0.15) is 30.2 Å². The minimum Gasteiger partial charge on any atom is -0.497 e. The van der Waals surface area contributed by atoms with E-state index in [1.54, 1.807) is 19.2 Å². The first-order valence-electron chi connectivity index (χ1n) is 7.73. The Hall–Kier alpha value is -2.76. The lowest BCUT2D eigenvalue weighted by molar-refractivity contribution is 0.0694. The SMILES string of the molecule is COc1ccc2c(c1)OC[C@@H](C(C)C)n1cc(C(=O)O)c(=O)cc1-2. The molecule has 1 atom stereocenters. The van der Waals surface area contributed by atoms with Crippen LogP contribution in [0.15, 0.2) is 35.3 Å². The lowest BCUT2D eigenvalue weighted by atomic mass is 10.0. The molecule has 24 heavy (non-hydrogen) atoms. The van der Waals surface area contributed by atoms with Crippen LogP contribution in [0.3, 0.4) is 0 Å². The molecule has 0 saturated heterocycles. The van der Waals surface area contributed by atoms with Gasteiger partial charge in [0.25, 0.3) is 0 Å². The van der Waals surface area contributed by atoms with Gasteiger partial charge in [-0.25, -0.2) is 4.79 Å². The Kier molecular flexibility index (Phi) is 4.05. The molecule has 0 unspecified atom stereocenters. The molecule has 6 nitrogen and oxygen atoms in total. The smallest absolute Gasteiger partial charge is 0.341 e. The molecule has 0 fully saturated rings. The second kappa shape index (κ2) is 6.03. The third kappa shape index (κ3) is 2.64. The standard InChI is InChI=1S/C18H19NO5/c1-10(2)15-9-24-17-6-11(23-3)4-5-12(17)14-7-16(20)13(18(21)22)8-19(14)15/h4-8,10,15H,9H2,1-3H3,(H,21,22)/t15-/m0/s1. The van der Waals surface area contributed by atoms with Gasteiger partial charge >= 0.3 is 5.97 Å². The number of methoxy groups -OCH3 is 1.